The number of carbonyl (C=O) groups excluding carboxylic acids is 2. The van der Waals surface area contributed by atoms with Crippen LogP contribution in [0.25, 0.3) is 0 Å². The second-order valence-corrected chi connectivity index (χ2v) is 12.4. The van der Waals surface area contributed by atoms with Crippen LogP contribution in [0.2, 0.25) is 0 Å². The summed E-state index contributed by atoms with van der Waals surface area (Å²) in [5.74, 6) is -0.760. The molecule has 3 aromatic carbocycles. The van der Waals surface area contributed by atoms with Crippen molar-refractivity contribution in [3.05, 3.63) is 94.0 Å². The highest BCUT2D eigenvalue weighted by atomic mass is 79.9. The maximum Gasteiger partial charge on any atom is 0.264 e. The van der Waals surface area contributed by atoms with E-state index < -0.39 is 28.5 Å². The van der Waals surface area contributed by atoms with Crippen LogP contribution in [0.3, 0.4) is 0 Å². The van der Waals surface area contributed by atoms with Crippen molar-refractivity contribution in [2.45, 2.75) is 58.0 Å². The fraction of sp³-hybridized carbons (Fsp3) is 0.333. The number of anilines is 1. The van der Waals surface area contributed by atoms with E-state index in [0.717, 1.165) is 33.8 Å². The minimum atomic E-state index is -4.09. The highest BCUT2D eigenvalue weighted by Crippen LogP contribution is 2.27. The molecule has 0 aliphatic rings. The lowest BCUT2D eigenvalue weighted by molar-refractivity contribution is -0.139. The molecule has 0 radical (unpaired) electrons. The number of hydrogen-bond donors (Lipinski definition) is 1. The van der Waals surface area contributed by atoms with Crippen molar-refractivity contribution in [2.75, 3.05) is 17.4 Å². The smallest absolute Gasteiger partial charge is 0.264 e. The van der Waals surface area contributed by atoms with E-state index in [0.29, 0.717) is 16.7 Å². The van der Waals surface area contributed by atoms with Gasteiger partial charge in [0.2, 0.25) is 11.8 Å². The Hall–Kier alpha value is -3.17. The molecule has 0 saturated heterocycles. The molecule has 0 unspecified atom stereocenters. The lowest BCUT2D eigenvalue weighted by Crippen LogP contribution is -2.51. The number of amides is 2. The van der Waals surface area contributed by atoms with Crippen molar-refractivity contribution in [1.82, 2.24) is 10.2 Å². The molecule has 0 aromatic heterocycles. The minimum Gasteiger partial charge on any atom is -0.354 e. The lowest BCUT2D eigenvalue weighted by Gasteiger charge is -2.32. The van der Waals surface area contributed by atoms with Gasteiger partial charge in [0, 0.05) is 17.6 Å². The van der Waals surface area contributed by atoms with Crippen molar-refractivity contribution in [3.63, 3.8) is 0 Å². The third kappa shape index (κ3) is 8.16. The highest BCUT2D eigenvalue weighted by Gasteiger charge is 2.32. The average Bonchev–Trinajstić information content (AvgIpc) is 2.91. The first-order valence-corrected chi connectivity index (χ1v) is 15.2. The molecule has 7 nitrogen and oxygen atoms in total. The van der Waals surface area contributed by atoms with Gasteiger partial charge >= 0.3 is 0 Å². The van der Waals surface area contributed by atoms with E-state index in [4.69, 9.17) is 0 Å². The molecule has 0 heterocycles. The van der Waals surface area contributed by atoms with Crippen LogP contribution in [0.4, 0.5) is 5.69 Å². The molecule has 0 aliphatic heterocycles. The Kier molecular flexibility index (Phi) is 10.7. The molecule has 0 bridgehead atoms. The van der Waals surface area contributed by atoms with Crippen LogP contribution in [0.15, 0.2) is 82.2 Å². The van der Waals surface area contributed by atoms with Gasteiger partial charge in [0.1, 0.15) is 12.6 Å². The van der Waals surface area contributed by atoms with Crippen LogP contribution in [-0.4, -0.2) is 44.3 Å². The first-order chi connectivity index (χ1) is 18.5. The summed E-state index contributed by atoms with van der Waals surface area (Å²) in [7, 11) is -4.09. The van der Waals surface area contributed by atoms with E-state index in [1.165, 1.54) is 17.0 Å². The largest absolute Gasteiger partial charge is 0.354 e. The Morgan fingerprint density at radius 1 is 0.949 bits per heavy atom. The summed E-state index contributed by atoms with van der Waals surface area (Å²) in [5, 5.41) is 2.90. The van der Waals surface area contributed by atoms with Crippen LogP contribution >= 0.6 is 15.9 Å². The third-order valence-electron chi connectivity index (χ3n) is 6.45. The standard InChI is InChI=1S/C30H36BrN3O4S/c1-5-6-18-32-30(36)24(4)33(20-25-14-10-22(2)11-15-25)29(35)21-34(27-9-7-8-26(31)19-27)39(37,38)28-16-12-23(3)13-17-28/h7-17,19,24H,5-6,18,20-21H2,1-4H3,(H,32,36)/t24-/m0/s1. The molecule has 0 aliphatic carbocycles. The fourth-order valence-electron chi connectivity index (χ4n) is 4.01. The van der Waals surface area contributed by atoms with Gasteiger partial charge in [-0.3, -0.25) is 13.9 Å². The van der Waals surface area contributed by atoms with Crippen LogP contribution in [0.5, 0.6) is 0 Å². The summed E-state index contributed by atoms with van der Waals surface area (Å²) in [6, 6.07) is 20.2. The number of unbranched alkanes of at least 4 members (excludes halogenated alkanes) is 1. The van der Waals surface area contributed by atoms with Gasteiger partial charge in [0.15, 0.2) is 0 Å². The van der Waals surface area contributed by atoms with Crippen molar-refractivity contribution in [2.24, 2.45) is 0 Å². The molecule has 208 valence electrons. The molecule has 1 atom stereocenters. The van der Waals surface area contributed by atoms with Gasteiger partial charge in [-0.05, 0) is 63.1 Å². The van der Waals surface area contributed by atoms with Gasteiger partial charge in [-0.1, -0.05) is 82.9 Å². The Morgan fingerprint density at radius 2 is 1.56 bits per heavy atom. The molecule has 3 rings (SSSR count). The second-order valence-electron chi connectivity index (χ2n) is 9.63. The zero-order chi connectivity index (χ0) is 28.6. The van der Waals surface area contributed by atoms with Gasteiger partial charge in [-0.25, -0.2) is 8.42 Å². The van der Waals surface area contributed by atoms with Crippen LogP contribution in [0.1, 0.15) is 43.4 Å². The Labute approximate surface area is 240 Å². The van der Waals surface area contributed by atoms with Crippen molar-refractivity contribution >= 4 is 43.5 Å². The monoisotopic (exact) mass is 613 g/mol. The lowest BCUT2D eigenvalue weighted by atomic mass is 10.1. The van der Waals surface area contributed by atoms with Gasteiger partial charge in [0.25, 0.3) is 10.0 Å². The predicted molar refractivity (Wildman–Crippen MR) is 159 cm³/mol. The van der Waals surface area contributed by atoms with E-state index >= 15 is 0 Å². The molecule has 1 N–H and O–H groups in total. The van der Waals surface area contributed by atoms with E-state index in [2.05, 4.69) is 21.2 Å². The number of benzene rings is 3. The van der Waals surface area contributed by atoms with Gasteiger partial charge < -0.3 is 10.2 Å². The zero-order valence-corrected chi connectivity index (χ0v) is 25.3. The normalized spacial score (nSPS) is 12.0. The summed E-state index contributed by atoms with van der Waals surface area (Å²) < 4.78 is 29.5. The summed E-state index contributed by atoms with van der Waals surface area (Å²) >= 11 is 3.41. The maximum atomic E-state index is 13.9. The topological polar surface area (TPSA) is 86.8 Å². The second kappa shape index (κ2) is 13.8. The van der Waals surface area contributed by atoms with Crippen LogP contribution in [0, 0.1) is 13.8 Å². The zero-order valence-electron chi connectivity index (χ0n) is 22.9. The number of halogens is 1. The van der Waals surface area contributed by atoms with Crippen LogP contribution in [-0.2, 0) is 26.2 Å². The summed E-state index contributed by atoms with van der Waals surface area (Å²) in [4.78, 5) is 28.5. The molecule has 39 heavy (non-hydrogen) atoms. The molecule has 0 saturated carbocycles. The predicted octanol–water partition coefficient (Wildman–Crippen LogP) is 5.59. The number of nitrogens with zero attached hydrogens (tertiary/aromatic N) is 2. The third-order valence-corrected chi connectivity index (χ3v) is 8.74. The Bertz CT molecular complexity index is 1380. The van der Waals surface area contributed by atoms with E-state index in [-0.39, 0.29) is 17.3 Å². The summed E-state index contributed by atoms with van der Waals surface area (Å²) in [6.45, 7) is 7.77. The maximum absolute atomic E-state index is 13.9. The minimum absolute atomic E-state index is 0.0799. The van der Waals surface area contributed by atoms with Crippen molar-refractivity contribution < 1.29 is 18.0 Å². The fourth-order valence-corrected chi connectivity index (χ4v) is 5.80. The van der Waals surface area contributed by atoms with E-state index in [9.17, 15) is 18.0 Å². The highest BCUT2D eigenvalue weighted by molar-refractivity contribution is 9.10. The summed E-state index contributed by atoms with van der Waals surface area (Å²) in [5.41, 5.74) is 3.18. The molecule has 0 spiro atoms. The van der Waals surface area contributed by atoms with Gasteiger partial charge in [-0.15, -0.1) is 0 Å². The van der Waals surface area contributed by atoms with Gasteiger partial charge in [-0.2, -0.15) is 0 Å². The number of aryl methyl sites for hydroxylation is 2. The number of carbonyl (C=O) groups is 2. The van der Waals surface area contributed by atoms with Crippen LogP contribution < -0.4 is 9.62 Å². The number of sulfonamides is 1. The Morgan fingerprint density at radius 3 is 2.15 bits per heavy atom. The Balaban J connectivity index is 1.99. The van der Waals surface area contributed by atoms with Crippen molar-refractivity contribution in [1.29, 1.82) is 0 Å². The average molecular weight is 615 g/mol. The van der Waals surface area contributed by atoms with Crippen molar-refractivity contribution in [3.8, 4) is 0 Å². The van der Waals surface area contributed by atoms with E-state index in [1.54, 1.807) is 43.3 Å². The molecule has 2 amide bonds. The molecular weight excluding hydrogens is 578 g/mol. The van der Waals surface area contributed by atoms with Gasteiger partial charge in [0.05, 0.1) is 10.6 Å². The number of rotatable bonds is 12. The quantitative estimate of drug-likeness (QED) is 0.270. The first kappa shape index (κ1) is 30.4. The molecule has 3 aromatic rings. The molecule has 9 heteroatoms. The number of hydrogen-bond acceptors (Lipinski definition) is 4. The SMILES string of the molecule is CCCCNC(=O)[C@H](C)N(Cc1ccc(C)cc1)C(=O)CN(c1cccc(Br)c1)S(=O)(=O)c1ccc(C)cc1. The number of nitrogens with one attached hydrogen (secondary N) is 1. The van der Waals surface area contributed by atoms with E-state index in [1.807, 2.05) is 45.0 Å². The molecule has 0 fully saturated rings. The summed E-state index contributed by atoms with van der Waals surface area (Å²) in [6.07, 6.45) is 1.76. The molecular formula is C30H36BrN3O4S. The first-order valence-electron chi connectivity index (χ1n) is 13.0.